The molecule has 0 aliphatic carbocycles. The van der Waals surface area contributed by atoms with Crippen LogP contribution >= 0.6 is 0 Å². The van der Waals surface area contributed by atoms with Crippen molar-refractivity contribution >= 4 is 16.0 Å². The smallest absolute Gasteiger partial charge is 0.266 e. The Labute approximate surface area is 286 Å². The molecule has 0 rings (SSSR count). The number of aliphatic hydroxyl groups is 1. The molecular formula is C39H77NO5S. The number of unbranched alkanes of at least 4 members (excludes halogenated alkanes) is 26. The van der Waals surface area contributed by atoms with E-state index < -0.39 is 28.0 Å². The molecule has 3 N–H and O–H groups in total. The third kappa shape index (κ3) is 34.4. The van der Waals surface area contributed by atoms with Crippen LogP contribution < -0.4 is 5.32 Å². The van der Waals surface area contributed by atoms with E-state index in [1.807, 2.05) is 0 Å². The highest BCUT2D eigenvalue weighted by molar-refractivity contribution is 7.85. The van der Waals surface area contributed by atoms with Gasteiger partial charge in [-0.2, -0.15) is 8.42 Å². The minimum atomic E-state index is -4.30. The van der Waals surface area contributed by atoms with Gasteiger partial charge in [0.15, 0.2) is 0 Å². The number of amides is 1. The van der Waals surface area contributed by atoms with Crippen molar-refractivity contribution < 1.29 is 22.9 Å². The molecule has 2 unspecified atom stereocenters. The monoisotopic (exact) mass is 672 g/mol. The van der Waals surface area contributed by atoms with Gasteiger partial charge < -0.3 is 10.4 Å². The number of hydrogen-bond acceptors (Lipinski definition) is 4. The number of allylic oxidation sites excluding steroid dienone is 2. The molecule has 0 bridgehead atoms. The Morgan fingerprint density at radius 2 is 0.913 bits per heavy atom. The van der Waals surface area contributed by atoms with Gasteiger partial charge in [0.05, 0.1) is 17.9 Å². The van der Waals surface area contributed by atoms with Crippen LogP contribution in [0.4, 0.5) is 0 Å². The van der Waals surface area contributed by atoms with Crippen molar-refractivity contribution in [1.29, 1.82) is 0 Å². The van der Waals surface area contributed by atoms with Crippen LogP contribution in [0.3, 0.4) is 0 Å². The van der Waals surface area contributed by atoms with Gasteiger partial charge in [0.25, 0.3) is 10.1 Å². The molecule has 0 radical (unpaired) electrons. The summed E-state index contributed by atoms with van der Waals surface area (Å²) in [6.45, 7) is 4.48. The third-order valence-corrected chi connectivity index (χ3v) is 10.0. The van der Waals surface area contributed by atoms with Gasteiger partial charge in [-0.05, 0) is 38.5 Å². The van der Waals surface area contributed by atoms with E-state index in [0.717, 1.165) is 38.5 Å². The van der Waals surface area contributed by atoms with Crippen LogP contribution in [0.5, 0.6) is 0 Å². The Hall–Kier alpha value is -0.920. The summed E-state index contributed by atoms with van der Waals surface area (Å²) >= 11 is 0. The number of hydrogen-bond donors (Lipinski definition) is 3. The van der Waals surface area contributed by atoms with E-state index >= 15 is 0 Å². The Bertz CT molecular complexity index is 785. The predicted octanol–water partition coefficient (Wildman–Crippen LogP) is 11.4. The highest BCUT2D eigenvalue weighted by Gasteiger charge is 2.26. The average Bonchev–Trinajstić information content (AvgIpc) is 3.01. The lowest BCUT2D eigenvalue weighted by Gasteiger charge is -2.23. The van der Waals surface area contributed by atoms with E-state index in [2.05, 4.69) is 31.3 Å². The predicted molar refractivity (Wildman–Crippen MR) is 198 cm³/mol. The Morgan fingerprint density at radius 3 is 1.30 bits per heavy atom. The van der Waals surface area contributed by atoms with Gasteiger partial charge in [-0.25, -0.2) is 0 Å². The molecule has 1 amide bonds. The zero-order valence-corrected chi connectivity index (χ0v) is 31.3. The summed E-state index contributed by atoms with van der Waals surface area (Å²) in [5, 5.41) is 13.2. The molecule has 0 aromatic rings. The van der Waals surface area contributed by atoms with Crippen LogP contribution in [0.1, 0.15) is 213 Å². The molecule has 2 atom stereocenters. The second-order valence-corrected chi connectivity index (χ2v) is 15.4. The largest absolute Gasteiger partial charge is 0.391 e. The van der Waals surface area contributed by atoms with Gasteiger partial charge in [0.2, 0.25) is 5.91 Å². The summed E-state index contributed by atoms with van der Waals surface area (Å²) in [5.41, 5.74) is 0. The lowest BCUT2D eigenvalue weighted by atomic mass is 10.0. The fraction of sp³-hybridized carbons (Fsp3) is 0.923. The molecule has 0 aliphatic heterocycles. The SMILES string of the molecule is CCCCCCCCCC/C=C\CCCCCCCCCCCCCC(=O)NC(CS(=O)(=O)O)C(O)CCCCCCCCCC. The fourth-order valence-corrected chi connectivity index (χ4v) is 6.97. The zero-order chi connectivity index (χ0) is 34.0. The summed E-state index contributed by atoms with van der Waals surface area (Å²) in [4.78, 5) is 12.5. The molecule has 0 heterocycles. The minimum absolute atomic E-state index is 0.248. The van der Waals surface area contributed by atoms with Crippen LogP contribution in [-0.2, 0) is 14.9 Å². The topological polar surface area (TPSA) is 104 Å². The lowest BCUT2D eigenvalue weighted by molar-refractivity contribution is -0.122. The van der Waals surface area contributed by atoms with Crippen LogP contribution in [0, 0.1) is 0 Å². The molecule has 6 nitrogen and oxygen atoms in total. The number of aliphatic hydroxyl groups excluding tert-OH is 1. The Balaban J connectivity index is 3.72. The van der Waals surface area contributed by atoms with Gasteiger partial charge in [-0.1, -0.05) is 180 Å². The molecule has 0 aromatic heterocycles. The number of carbonyl (C=O) groups excluding carboxylic acids is 1. The molecule has 0 aliphatic rings. The zero-order valence-electron chi connectivity index (χ0n) is 30.5. The van der Waals surface area contributed by atoms with Crippen molar-refractivity contribution in [2.24, 2.45) is 0 Å². The fourth-order valence-electron chi connectivity index (χ4n) is 6.21. The van der Waals surface area contributed by atoms with Gasteiger partial charge in [0.1, 0.15) is 0 Å². The van der Waals surface area contributed by atoms with Gasteiger partial charge in [0, 0.05) is 6.42 Å². The van der Waals surface area contributed by atoms with Crippen LogP contribution in [0.15, 0.2) is 12.2 Å². The third-order valence-electron chi connectivity index (χ3n) is 9.22. The van der Waals surface area contributed by atoms with Crippen molar-refractivity contribution in [2.45, 2.75) is 225 Å². The standard InChI is InChI=1S/C39H77NO5S/c1-3-5-7-9-11-13-14-15-16-17-18-19-20-21-22-23-24-25-26-27-29-31-33-35-39(42)40-37(36-46(43,44)45)38(41)34-32-30-28-12-10-8-6-4-2/h17-18,37-38,41H,3-16,19-36H2,1-2H3,(H,40,42)(H,43,44,45)/b18-17-. The summed E-state index contributed by atoms with van der Waals surface area (Å²) in [6.07, 6.45) is 40.4. The van der Waals surface area contributed by atoms with Gasteiger partial charge in [-0.3, -0.25) is 9.35 Å². The quantitative estimate of drug-likeness (QED) is 0.0349. The first-order chi connectivity index (χ1) is 22.3. The molecule has 46 heavy (non-hydrogen) atoms. The molecule has 0 aromatic carbocycles. The highest BCUT2D eigenvalue weighted by atomic mass is 32.2. The van der Waals surface area contributed by atoms with Crippen LogP contribution in [0.2, 0.25) is 0 Å². The maximum atomic E-state index is 12.5. The maximum absolute atomic E-state index is 12.5. The van der Waals surface area contributed by atoms with Crippen molar-refractivity contribution in [1.82, 2.24) is 5.32 Å². The normalized spacial score (nSPS) is 13.4. The molecule has 0 saturated carbocycles. The van der Waals surface area contributed by atoms with Crippen molar-refractivity contribution in [3.05, 3.63) is 12.2 Å². The second kappa shape index (κ2) is 34.0. The van der Waals surface area contributed by atoms with E-state index in [1.54, 1.807) is 0 Å². The number of rotatable bonds is 36. The van der Waals surface area contributed by atoms with Crippen molar-refractivity contribution in [3.63, 3.8) is 0 Å². The lowest BCUT2D eigenvalue weighted by Crippen LogP contribution is -2.47. The first kappa shape index (κ1) is 45.1. The molecular weight excluding hydrogens is 594 g/mol. The van der Waals surface area contributed by atoms with Crippen LogP contribution in [-0.4, -0.2) is 41.9 Å². The van der Waals surface area contributed by atoms with E-state index in [9.17, 15) is 22.9 Å². The van der Waals surface area contributed by atoms with Gasteiger partial charge >= 0.3 is 0 Å². The van der Waals surface area contributed by atoms with Gasteiger partial charge in [-0.15, -0.1) is 0 Å². The second-order valence-electron chi connectivity index (χ2n) is 13.9. The molecule has 0 saturated heterocycles. The summed E-state index contributed by atoms with van der Waals surface area (Å²) in [7, 11) is -4.30. The van der Waals surface area contributed by atoms with Crippen molar-refractivity contribution in [2.75, 3.05) is 5.75 Å². The first-order valence-corrected chi connectivity index (χ1v) is 21.5. The number of nitrogens with one attached hydrogen (secondary N) is 1. The van der Waals surface area contributed by atoms with Crippen LogP contribution in [0.25, 0.3) is 0 Å². The number of carbonyl (C=O) groups is 1. The maximum Gasteiger partial charge on any atom is 0.266 e. The molecule has 7 heteroatoms. The average molecular weight is 672 g/mol. The first-order valence-electron chi connectivity index (χ1n) is 19.9. The highest BCUT2D eigenvalue weighted by Crippen LogP contribution is 2.15. The van der Waals surface area contributed by atoms with E-state index in [-0.39, 0.29) is 5.91 Å². The van der Waals surface area contributed by atoms with E-state index in [4.69, 9.17) is 0 Å². The summed E-state index contributed by atoms with van der Waals surface area (Å²) in [6, 6.07) is -0.965. The molecule has 0 spiro atoms. The Kier molecular flexibility index (Phi) is 33.3. The van der Waals surface area contributed by atoms with E-state index in [0.29, 0.717) is 12.8 Å². The van der Waals surface area contributed by atoms with Crippen molar-refractivity contribution in [3.8, 4) is 0 Å². The summed E-state index contributed by atoms with van der Waals surface area (Å²) in [5.74, 6) is -0.893. The minimum Gasteiger partial charge on any atom is -0.391 e. The summed E-state index contributed by atoms with van der Waals surface area (Å²) < 4.78 is 32.3. The molecule has 274 valence electrons. The molecule has 0 fully saturated rings. The Morgan fingerprint density at radius 1 is 0.565 bits per heavy atom. The van der Waals surface area contributed by atoms with E-state index in [1.165, 1.54) is 148 Å².